The van der Waals surface area contributed by atoms with Crippen molar-refractivity contribution in [1.82, 2.24) is 23.6 Å². The molecule has 0 atom stereocenters. The van der Waals surface area contributed by atoms with Crippen LogP contribution in [0.3, 0.4) is 0 Å². The molecule has 0 aliphatic rings. The molecule has 0 bridgehead atoms. The van der Waals surface area contributed by atoms with Crippen molar-refractivity contribution >= 4 is 27.6 Å². The van der Waals surface area contributed by atoms with Crippen molar-refractivity contribution in [2.45, 2.75) is 39.8 Å². The highest BCUT2D eigenvalue weighted by Crippen LogP contribution is 2.04. The number of carbonyl (C=O) groups is 1. The minimum absolute atomic E-state index is 0.103. The molecule has 0 saturated heterocycles. The van der Waals surface area contributed by atoms with Crippen molar-refractivity contribution in [1.29, 1.82) is 0 Å². The van der Waals surface area contributed by atoms with Crippen LogP contribution in [0.4, 0.5) is 4.79 Å². The number of hydrogen-bond acceptors (Lipinski definition) is 7. The van der Waals surface area contributed by atoms with Gasteiger partial charge in [-0.3, -0.25) is 0 Å². The fourth-order valence-corrected chi connectivity index (χ4v) is 3.67. The Morgan fingerprint density at radius 1 is 1.46 bits per heavy atom. The molecule has 144 valence electrons. The number of aromatic nitrogens is 4. The van der Waals surface area contributed by atoms with Crippen molar-refractivity contribution in [3.05, 3.63) is 26.9 Å². The van der Waals surface area contributed by atoms with E-state index >= 15 is 0 Å². The topological polar surface area (TPSA) is 130 Å². The van der Waals surface area contributed by atoms with Gasteiger partial charge in [-0.1, -0.05) is 6.92 Å². The quantitative estimate of drug-likeness (QED) is 0.724. The molecule has 0 fully saturated rings. The van der Waals surface area contributed by atoms with Crippen LogP contribution in [0, 0.1) is 0 Å². The van der Waals surface area contributed by atoms with Gasteiger partial charge in [-0.05, 0) is 20.3 Å². The van der Waals surface area contributed by atoms with E-state index in [9.17, 15) is 18.0 Å². The average Bonchev–Trinajstić information content (AvgIpc) is 3.06. The zero-order valence-electron chi connectivity index (χ0n) is 14.7. The van der Waals surface area contributed by atoms with E-state index in [0.29, 0.717) is 11.2 Å². The Labute approximate surface area is 153 Å². The SMILES string of the molecule is CCCn1ccsc1=NS(=O)(=O)NC(=O)n1nc(OC(C)C)n(C)c1=O. The first kappa shape index (κ1) is 19.9. The van der Waals surface area contributed by atoms with Gasteiger partial charge in [-0.15, -0.1) is 25.5 Å². The number of nitrogens with one attached hydrogen (secondary N) is 1. The van der Waals surface area contributed by atoms with E-state index < -0.39 is 21.9 Å². The summed E-state index contributed by atoms with van der Waals surface area (Å²) in [7, 11) is -3.01. The Hall–Kier alpha value is -2.41. The van der Waals surface area contributed by atoms with Crippen molar-refractivity contribution in [2.75, 3.05) is 0 Å². The molecule has 0 aromatic carbocycles. The third-order valence-electron chi connectivity index (χ3n) is 3.01. The van der Waals surface area contributed by atoms with E-state index in [4.69, 9.17) is 4.74 Å². The second-order valence-corrected chi connectivity index (χ2v) is 7.76. The zero-order chi connectivity index (χ0) is 19.5. The van der Waals surface area contributed by atoms with E-state index in [1.54, 1.807) is 34.7 Å². The fraction of sp³-hybridized carbons (Fsp3) is 0.538. The summed E-state index contributed by atoms with van der Waals surface area (Å²) in [5.41, 5.74) is -0.842. The molecule has 13 heteroatoms. The standard InChI is InChI=1S/C13H20N6O5S2/c1-5-6-18-7-8-25-12(18)16-26(22,23)15-10(20)19-13(21)17(4)11(14-19)24-9(2)3/h7-9H,5-6H2,1-4H3,(H,15,20). The van der Waals surface area contributed by atoms with E-state index in [2.05, 4.69) is 9.50 Å². The van der Waals surface area contributed by atoms with E-state index in [-0.39, 0.29) is 16.9 Å². The first-order chi connectivity index (χ1) is 12.1. The van der Waals surface area contributed by atoms with Gasteiger partial charge in [0.25, 0.3) is 0 Å². The largest absolute Gasteiger partial charge is 0.461 e. The number of ether oxygens (including phenoxy) is 1. The van der Waals surface area contributed by atoms with Gasteiger partial charge in [0.05, 0.1) is 6.10 Å². The molecule has 0 aliphatic carbocycles. The lowest BCUT2D eigenvalue weighted by Gasteiger charge is -2.06. The third kappa shape index (κ3) is 4.60. The molecule has 0 spiro atoms. The predicted octanol–water partition coefficient (Wildman–Crippen LogP) is 0.0454. The van der Waals surface area contributed by atoms with Crippen molar-refractivity contribution in [2.24, 2.45) is 11.4 Å². The normalized spacial score (nSPS) is 12.6. The number of thiazole rings is 1. The second-order valence-electron chi connectivity index (χ2n) is 5.56. The van der Waals surface area contributed by atoms with Gasteiger partial charge in [0, 0.05) is 25.2 Å². The van der Waals surface area contributed by atoms with Gasteiger partial charge in [0.15, 0.2) is 0 Å². The van der Waals surface area contributed by atoms with Crippen molar-refractivity contribution in [3.63, 3.8) is 0 Å². The molecule has 2 rings (SSSR count). The van der Waals surface area contributed by atoms with E-state index in [1.807, 2.05) is 6.92 Å². The minimum Gasteiger partial charge on any atom is -0.461 e. The summed E-state index contributed by atoms with van der Waals surface area (Å²) in [6.45, 7) is 5.97. The molecule has 1 amide bonds. The molecule has 0 unspecified atom stereocenters. The molecule has 11 nitrogen and oxygen atoms in total. The second kappa shape index (κ2) is 7.86. The molecule has 0 saturated carbocycles. The van der Waals surface area contributed by atoms with Crippen LogP contribution >= 0.6 is 11.3 Å². The lowest BCUT2D eigenvalue weighted by Crippen LogP contribution is -2.40. The predicted molar refractivity (Wildman–Crippen MR) is 94.2 cm³/mol. The maximum absolute atomic E-state index is 12.1. The van der Waals surface area contributed by atoms with Gasteiger partial charge in [-0.2, -0.15) is 8.42 Å². The molecule has 0 aliphatic heterocycles. The first-order valence-electron chi connectivity index (χ1n) is 7.74. The van der Waals surface area contributed by atoms with Crippen LogP contribution in [0.5, 0.6) is 6.01 Å². The lowest BCUT2D eigenvalue weighted by atomic mass is 10.5. The van der Waals surface area contributed by atoms with Crippen molar-refractivity contribution in [3.8, 4) is 6.01 Å². The Morgan fingerprint density at radius 3 is 2.77 bits per heavy atom. The van der Waals surface area contributed by atoms with Crippen LogP contribution in [-0.2, 0) is 23.8 Å². The summed E-state index contributed by atoms with van der Waals surface area (Å²) in [5, 5.41) is 5.39. The van der Waals surface area contributed by atoms with Gasteiger partial charge >= 0.3 is 27.9 Å². The van der Waals surface area contributed by atoms with Crippen LogP contribution in [0.25, 0.3) is 0 Å². The summed E-state index contributed by atoms with van der Waals surface area (Å²) >= 11 is 1.11. The third-order valence-corrected chi connectivity index (χ3v) is 4.77. The zero-order valence-corrected chi connectivity index (χ0v) is 16.4. The lowest BCUT2D eigenvalue weighted by molar-refractivity contribution is 0.211. The summed E-state index contributed by atoms with van der Waals surface area (Å²) in [6.07, 6.45) is 2.21. The summed E-state index contributed by atoms with van der Waals surface area (Å²) in [4.78, 5) is 24.4. The number of amides is 1. The molecular weight excluding hydrogens is 384 g/mol. The fourth-order valence-electron chi connectivity index (χ4n) is 1.93. The van der Waals surface area contributed by atoms with Gasteiger partial charge in [0.2, 0.25) is 4.80 Å². The van der Waals surface area contributed by atoms with Crippen LogP contribution in [0.2, 0.25) is 0 Å². The van der Waals surface area contributed by atoms with Crippen LogP contribution < -0.4 is 20.0 Å². The molecule has 2 aromatic heterocycles. The van der Waals surface area contributed by atoms with Gasteiger partial charge < -0.3 is 9.30 Å². The highest BCUT2D eigenvalue weighted by atomic mass is 32.2. The van der Waals surface area contributed by atoms with Gasteiger partial charge in [-0.25, -0.2) is 18.9 Å². The summed E-state index contributed by atoms with van der Waals surface area (Å²) in [6, 6.07) is -1.35. The Kier molecular flexibility index (Phi) is 6.02. The van der Waals surface area contributed by atoms with Gasteiger partial charge in [0.1, 0.15) is 0 Å². The number of carbonyl (C=O) groups excluding carboxylic acids is 1. The molecule has 2 aromatic rings. The maximum Gasteiger partial charge on any atom is 0.361 e. The Bertz CT molecular complexity index is 1010. The van der Waals surface area contributed by atoms with Crippen LogP contribution in [0.1, 0.15) is 27.2 Å². The Morgan fingerprint density at radius 2 is 2.15 bits per heavy atom. The molecular formula is C13H20N6O5S2. The van der Waals surface area contributed by atoms with E-state index in [1.165, 1.54) is 7.05 Å². The number of rotatable bonds is 6. The maximum atomic E-state index is 12.1. The number of nitrogens with zero attached hydrogens (tertiary/aromatic N) is 5. The molecule has 2 heterocycles. The number of aryl methyl sites for hydroxylation is 1. The minimum atomic E-state index is -4.37. The molecule has 0 radical (unpaired) electrons. The van der Waals surface area contributed by atoms with Crippen molar-refractivity contribution < 1.29 is 17.9 Å². The average molecular weight is 404 g/mol. The molecule has 26 heavy (non-hydrogen) atoms. The highest BCUT2D eigenvalue weighted by Gasteiger charge is 2.22. The summed E-state index contributed by atoms with van der Waals surface area (Å²) in [5.74, 6) is 0. The first-order valence-corrected chi connectivity index (χ1v) is 10.1. The molecule has 1 N–H and O–H groups in total. The monoisotopic (exact) mass is 404 g/mol. The van der Waals surface area contributed by atoms with Crippen LogP contribution in [0.15, 0.2) is 20.8 Å². The highest BCUT2D eigenvalue weighted by molar-refractivity contribution is 7.88. The van der Waals surface area contributed by atoms with Crippen LogP contribution in [-0.4, -0.2) is 39.5 Å². The smallest absolute Gasteiger partial charge is 0.361 e. The summed E-state index contributed by atoms with van der Waals surface area (Å²) < 4.78 is 37.9. The Balaban J connectivity index is 2.29. The van der Waals surface area contributed by atoms with E-state index in [0.717, 1.165) is 22.3 Å². The number of hydrogen-bond donors (Lipinski definition) is 1.